The van der Waals surface area contributed by atoms with Gasteiger partial charge in [-0.15, -0.1) is 0 Å². The van der Waals surface area contributed by atoms with Gasteiger partial charge in [0.15, 0.2) is 0 Å². The molecule has 20 heavy (non-hydrogen) atoms. The van der Waals surface area contributed by atoms with Crippen LogP contribution in [0.15, 0.2) is 36.4 Å². The van der Waals surface area contributed by atoms with Crippen LogP contribution in [-0.4, -0.2) is 6.04 Å². The van der Waals surface area contributed by atoms with E-state index in [9.17, 15) is 4.39 Å². The molecule has 0 amide bonds. The Kier molecular flexibility index (Phi) is 4.79. The molecule has 0 fully saturated rings. The minimum Gasteiger partial charge on any atom is -0.310 e. The summed E-state index contributed by atoms with van der Waals surface area (Å²) in [6, 6.07) is 11.2. The van der Waals surface area contributed by atoms with Crippen molar-refractivity contribution in [2.24, 2.45) is 0 Å². The third-order valence-electron chi connectivity index (χ3n) is 3.13. The lowest BCUT2D eigenvalue weighted by molar-refractivity contribution is 0.589. The van der Waals surface area contributed by atoms with E-state index < -0.39 is 0 Å². The van der Waals surface area contributed by atoms with Crippen molar-refractivity contribution in [1.29, 1.82) is 0 Å². The summed E-state index contributed by atoms with van der Waals surface area (Å²) in [5, 5.41) is 4.05. The SMILES string of the molecule is Cc1cc(F)cc(-c2cc(Cl)ccc2CNC(C)C)c1. The smallest absolute Gasteiger partial charge is 0.124 e. The molecule has 0 aromatic heterocycles. The highest BCUT2D eigenvalue weighted by atomic mass is 35.5. The third kappa shape index (κ3) is 3.81. The summed E-state index contributed by atoms with van der Waals surface area (Å²) in [5.74, 6) is -0.220. The second-order valence-corrected chi connectivity index (χ2v) is 5.79. The van der Waals surface area contributed by atoms with Crippen LogP contribution in [0.5, 0.6) is 0 Å². The molecule has 2 rings (SSSR count). The van der Waals surface area contributed by atoms with Gasteiger partial charge in [0, 0.05) is 17.6 Å². The molecule has 0 aliphatic carbocycles. The Balaban J connectivity index is 2.45. The number of halogens is 2. The molecule has 0 heterocycles. The average molecular weight is 292 g/mol. The largest absolute Gasteiger partial charge is 0.310 e. The van der Waals surface area contributed by atoms with Crippen LogP contribution in [0.1, 0.15) is 25.0 Å². The molecule has 0 saturated heterocycles. The van der Waals surface area contributed by atoms with Gasteiger partial charge in [-0.05, 0) is 53.4 Å². The van der Waals surface area contributed by atoms with Gasteiger partial charge in [-0.2, -0.15) is 0 Å². The van der Waals surface area contributed by atoms with Gasteiger partial charge >= 0.3 is 0 Å². The van der Waals surface area contributed by atoms with E-state index in [2.05, 4.69) is 19.2 Å². The lowest BCUT2D eigenvalue weighted by Gasteiger charge is -2.14. The van der Waals surface area contributed by atoms with Crippen molar-refractivity contribution in [1.82, 2.24) is 5.32 Å². The molecule has 0 saturated carbocycles. The highest BCUT2D eigenvalue weighted by molar-refractivity contribution is 6.30. The predicted octanol–water partition coefficient (Wildman–Crippen LogP) is 4.95. The van der Waals surface area contributed by atoms with Gasteiger partial charge in [0.05, 0.1) is 0 Å². The lowest BCUT2D eigenvalue weighted by Crippen LogP contribution is -2.22. The number of benzene rings is 2. The number of hydrogen-bond donors (Lipinski definition) is 1. The summed E-state index contributed by atoms with van der Waals surface area (Å²) >= 11 is 6.09. The number of nitrogens with one attached hydrogen (secondary N) is 1. The molecule has 1 N–H and O–H groups in total. The molecule has 0 unspecified atom stereocenters. The lowest BCUT2D eigenvalue weighted by atomic mass is 9.98. The van der Waals surface area contributed by atoms with Crippen LogP contribution < -0.4 is 5.32 Å². The summed E-state index contributed by atoms with van der Waals surface area (Å²) in [4.78, 5) is 0. The Morgan fingerprint density at radius 1 is 1.15 bits per heavy atom. The minimum atomic E-state index is -0.220. The molecule has 0 bridgehead atoms. The first-order valence-electron chi connectivity index (χ1n) is 6.75. The molecule has 0 radical (unpaired) electrons. The van der Waals surface area contributed by atoms with E-state index in [0.29, 0.717) is 11.1 Å². The standard InChI is InChI=1S/C17H19ClFN/c1-11(2)20-10-13-4-5-15(18)9-17(13)14-6-12(3)7-16(19)8-14/h4-9,11,20H,10H2,1-3H3. The van der Waals surface area contributed by atoms with E-state index in [-0.39, 0.29) is 5.82 Å². The van der Waals surface area contributed by atoms with Crippen molar-refractivity contribution in [2.75, 3.05) is 0 Å². The first kappa shape index (κ1) is 15.0. The van der Waals surface area contributed by atoms with Crippen LogP contribution in [-0.2, 0) is 6.54 Å². The zero-order valence-corrected chi connectivity index (χ0v) is 12.8. The van der Waals surface area contributed by atoms with Crippen LogP contribution in [0.4, 0.5) is 4.39 Å². The molecule has 1 nitrogen and oxygen atoms in total. The number of rotatable bonds is 4. The fourth-order valence-corrected chi connectivity index (χ4v) is 2.35. The van der Waals surface area contributed by atoms with E-state index in [1.165, 1.54) is 6.07 Å². The average Bonchev–Trinajstić information content (AvgIpc) is 2.36. The van der Waals surface area contributed by atoms with Gasteiger partial charge in [0.25, 0.3) is 0 Å². The van der Waals surface area contributed by atoms with Gasteiger partial charge in [0.1, 0.15) is 5.82 Å². The highest BCUT2D eigenvalue weighted by Crippen LogP contribution is 2.28. The van der Waals surface area contributed by atoms with Crippen LogP contribution >= 0.6 is 11.6 Å². The maximum absolute atomic E-state index is 13.6. The molecule has 106 valence electrons. The summed E-state index contributed by atoms with van der Waals surface area (Å²) < 4.78 is 13.6. The Morgan fingerprint density at radius 3 is 2.55 bits per heavy atom. The van der Waals surface area contributed by atoms with E-state index in [4.69, 9.17) is 11.6 Å². The number of hydrogen-bond acceptors (Lipinski definition) is 1. The molecule has 0 aliphatic rings. The summed E-state index contributed by atoms with van der Waals surface area (Å²) in [6.07, 6.45) is 0. The van der Waals surface area contributed by atoms with Gasteiger partial charge in [-0.1, -0.05) is 37.6 Å². The fourth-order valence-electron chi connectivity index (χ4n) is 2.18. The molecule has 0 spiro atoms. The monoisotopic (exact) mass is 291 g/mol. The molecule has 3 heteroatoms. The Morgan fingerprint density at radius 2 is 1.90 bits per heavy atom. The van der Waals surface area contributed by atoms with Crippen LogP contribution in [0.2, 0.25) is 5.02 Å². The van der Waals surface area contributed by atoms with Crippen molar-refractivity contribution in [3.05, 3.63) is 58.4 Å². The third-order valence-corrected chi connectivity index (χ3v) is 3.36. The maximum Gasteiger partial charge on any atom is 0.124 e. The molecule has 0 aliphatic heterocycles. The van der Waals surface area contributed by atoms with E-state index in [0.717, 1.165) is 28.8 Å². The predicted molar refractivity (Wildman–Crippen MR) is 83.6 cm³/mol. The fraction of sp³-hybridized carbons (Fsp3) is 0.294. The van der Waals surface area contributed by atoms with Crippen molar-refractivity contribution >= 4 is 11.6 Å². The summed E-state index contributed by atoms with van der Waals surface area (Å²) in [6.45, 7) is 6.83. The van der Waals surface area contributed by atoms with Gasteiger partial charge in [0.2, 0.25) is 0 Å². The highest BCUT2D eigenvalue weighted by Gasteiger charge is 2.08. The van der Waals surface area contributed by atoms with Crippen molar-refractivity contribution in [3.8, 4) is 11.1 Å². The van der Waals surface area contributed by atoms with E-state index in [1.807, 2.05) is 31.2 Å². The molecular weight excluding hydrogens is 273 g/mol. The van der Waals surface area contributed by atoms with Crippen LogP contribution in [0.25, 0.3) is 11.1 Å². The molecule has 2 aromatic rings. The first-order valence-corrected chi connectivity index (χ1v) is 7.13. The van der Waals surface area contributed by atoms with Gasteiger partial charge < -0.3 is 5.32 Å². The van der Waals surface area contributed by atoms with Gasteiger partial charge in [-0.3, -0.25) is 0 Å². The quantitative estimate of drug-likeness (QED) is 0.840. The molecule has 0 atom stereocenters. The topological polar surface area (TPSA) is 12.0 Å². The Labute approximate surface area is 124 Å². The van der Waals surface area contributed by atoms with Gasteiger partial charge in [-0.25, -0.2) is 4.39 Å². The molecular formula is C17H19ClFN. The summed E-state index contributed by atoms with van der Waals surface area (Å²) in [7, 11) is 0. The van der Waals surface area contributed by atoms with Crippen molar-refractivity contribution in [3.63, 3.8) is 0 Å². The second kappa shape index (κ2) is 6.38. The Bertz CT molecular complexity index is 588. The second-order valence-electron chi connectivity index (χ2n) is 5.35. The normalized spacial score (nSPS) is 11.1. The Hall–Kier alpha value is -1.38. The van der Waals surface area contributed by atoms with Crippen LogP contribution in [0.3, 0.4) is 0 Å². The summed E-state index contributed by atoms with van der Waals surface area (Å²) in [5.41, 5.74) is 3.87. The van der Waals surface area contributed by atoms with Crippen molar-refractivity contribution < 1.29 is 4.39 Å². The van der Waals surface area contributed by atoms with Crippen LogP contribution in [0, 0.1) is 12.7 Å². The van der Waals surface area contributed by atoms with E-state index in [1.54, 1.807) is 6.07 Å². The van der Waals surface area contributed by atoms with Crippen molar-refractivity contribution in [2.45, 2.75) is 33.4 Å². The zero-order chi connectivity index (χ0) is 14.7. The first-order chi connectivity index (χ1) is 9.45. The zero-order valence-electron chi connectivity index (χ0n) is 12.0. The molecule has 2 aromatic carbocycles. The minimum absolute atomic E-state index is 0.220. The number of aryl methyl sites for hydroxylation is 1. The van der Waals surface area contributed by atoms with E-state index >= 15 is 0 Å². The maximum atomic E-state index is 13.6.